The Morgan fingerprint density at radius 3 is 2.83 bits per heavy atom. The number of amides is 1. The smallest absolute Gasteiger partial charge is 0.410 e. The Morgan fingerprint density at radius 2 is 2.21 bits per heavy atom. The highest BCUT2D eigenvalue weighted by Gasteiger charge is 2.27. The average Bonchev–Trinajstić information content (AvgIpc) is 3.04. The van der Waals surface area contributed by atoms with Gasteiger partial charge in [0.2, 0.25) is 0 Å². The molecule has 1 fully saturated rings. The molecule has 0 bridgehead atoms. The van der Waals surface area contributed by atoms with Crippen LogP contribution in [0, 0.1) is 5.92 Å². The summed E-state index contributed by atoms with van der Waals surface area (Å²) in [6.45, 7) is 11.7. The molecule has 1 unspecified atom stereocenters. The first-order valence-corrected chi connectivity index (χ1v) is 10.6. The monoisotopic (exact) mass is 406 g/mol. The van der Waals surface area contributed by atoms with Gasteiger partial charge in [0.15, 0.2) is 5.96 Å². The summed E-state index contributed by atoms with van der Waals surface area (Å²) in [7, 11) is 3.97. The number of ether oxygens (including phenoxy) is 1. The number of aryl methyl sites for hydroxylation is 1. The molecule has 1 amide bonds. The van der Waals surface area contributed by atoms with Crippen molar-refractivity contribution in [3.05, 3.63) is 18.0 Å². The molecule has 0 aliphatic carbocycles. The van der Waals surface area contributed by atoms with E-state index in [0.717, 1.165) is 63.5 Å². The quantitative estimate of drug-likeness (QED) is 0.581. The third kappa shape index (κ3) is 7.95. The molecule has 2 heterocycles. The van der Waals surface area contributed by atoms with Crippen LogP contribution in [0.2, 0.25) is 0 Å². The summed E-state index contributed by atoms with van der Waals surface area (Å²) in [6, 6.07) is 0. The van der Waals surface area contributed by atoms with E-state index in [9.17, 15) is 4.79 Å². The molecule has 0 spiro atoms. The average molecular weight is 407 g/mol. The fourth-order valence-corrected chi connectivity index (χ4v) is 3.52. The number of hydrogen-bond acceptors (Lipinski definition) is 4. The SMILES string of the molecule is CCNC(=NCCC1CCCN(C(=O)OC(C)(C)C)C1)N(C)Cc1cnn(C)c1. The van der Waals surface area contributed by atoms with E-state index in [1.165, 1.54) is 0 Å². The minimum absolute atomic E-state index is 0.199. The van der Waals surface area contributed by atoms with Crippen LogP contribution in [0.3, 0.4) is 0 Å². The first-order valence-electron chi connectivity index (χ1n) is 10.6. The van der Waals surface area contributed by atoms with E-state index in [-0.39, 0.29) is 6.09 Å². The second kappa shape index (κ2) is 10.5. The standard InChI is InChI=1S/C21H38N6O2/c1-7-22-19(25(5)14-18-13-24-26(6)15-18)23-11-10-17-9-8-12-27(16-17)20(28)29-21(2,3)4/h13,15,17H,7-12,14,16H2,1-6H3,(H,22,23). The normalized spacial score (nSPS) is 17.9. The van der Waals surface area contributed by atoms with E-state index < -0.39 is 5.60 Å². The van der Waals surface area contributed by atoms with Crippen molar-refractivity contribution < 1.29 is 9.53 Å². The van der Waals surface area contributed by atoms with Gasteiger partial charge in [-0.15, -0.1) is 0 Å². The van der Waals surface area contributed by atoms with E-state index in [4.69, 9.17) is 9.73 Å². The summed E-state index contributed by atoms with van der Waals surface area (Å²) in [5, 5.41) is 7.59. The van der Waals surface area contributed by atoms with Gasteiger partial charge < -0.3 is 19.9 Å². The predicted molar refractivity (Wildman–Crippen MR) is 116 cm³/mol. The highest BCUT2D eigenvalue weighted by Crippen LogP contribution is 2.21. The van der Waals surface area contributed by atoms with Crippen LogP contribution in [0.15, 0.2) is 17.4 Å². The number of carbonyl (C=O) groups excluding carboxylic acids is 1. The number of aliphatic imine (C=N–C) groups is 1. The van der Waals surface area contributed by atoms with Crippen molar-refractivity contribution >= 4 is 12.1 Å². The number of carbonyl (C=O) groups is 1. The zero-order valence-electron chi connectivity index (χ0n) is 18.9. The van der Waals surface area contributed by atoms with Gasteiger partial charge >= 0.3 is 6.09 Å². The van der Waals surface area contributed by atoms with E-state index in [1.54, 1.807) is 0 Å². The van der Waals surface area contributed by atoms with Crippen LogP contribution >= 0.6 is 0 Å². The maximum absolute atomic E-state index is 12.3. The number of likely N-dealkylation sites (tertiary alicyclic amines) is 1. The Bertz CT molecular complexity index is 679. The third-order valence-electron chi connectivity index (χ3n) is 4.84. The summed E-state index contributed by atoms with van der Waals surface area (Å²) in [5.74, 6) is 1.36. The summed E-state index contributed by atoms with van der Waals surface area (Å²) < 4.78 is 7.34. The molecule has 1 atom stereocenters. The van der Waals surface area contributed by atoms with Gasteiger partial charge in [0.1, 0.15) is 5.60 Å². The van der Waals surface area contributed by atoms with Crippen LogP contribution in [0.25, 0.3) is 0 Å². The lowest BCUT2D eigenvalue weighted by Gasteiger charge is -2.34. The van der Waals surface area contributed by atoms with Crippen LogP contribution in [-0.4, -0.2) is 70.5 Å². The predicted octanol–water partition coefficient (Wildman–Crippen LogP) is 2.85. The molecule has 8 nitrogen and oxygen atoms in total. The molecule has 29 heavy (non-hydrogen) atoms. The molecule has 1 aromatic rings. The van der Waals surface area contributed by atoms with Gasteiger partial charge in [-0.1, -0.05) is 0 Å². The van der Waals surface area contributed by atoms with E-state index in [1.807, 2.05) is 56.8 Å². The van der Waals surface area contributed by atoms with Crippen molar-refractivity contribution in [1.29, 1.82) is 0 Å². The van der Waals surface area contributed by atoms with Gasteiger partial charge in [0, 0.05) is 58.6 Å². The van der Waals surface area contributed by atoms with Crippen molar-refractivity contribution in [2.45, 2.75) is 59.1 Å². The fraction of sp³-hybridized carbons (Fsp3) is 0.762. The topological polar surface area (TPSA) is 75.0 Å². The Balaban J connectivity index is 1.86. The molecular weight excluding hydrogens is 368 g/mol. The molecule has 1 saturated heterocycles. The first-order chi connectivity index (χ1) is 13.7. The van der Waals surface area contributed by atoms with Crippen LogP contribution in [0.4, 0.5) is 4.79 Å². The maximum atomic E-state index is 12.3. The number of rotatable bonds is 6. The number of aromatic nitrogens is 2. The van der Waals surface area contributed by atoms with Crippen LogP contribution in [0.5, 0.6) is 0 Å². The second-order valence-electron chi connectivity index (χ2n) is 8.84. The number of piperidine rings is 1. The van der Waals surface area contributed by atoms with Crippen molar-refractivity contribution in [3.63, 3.8) is 0 Å². The molecule has 2 rings (SSSR count). The number of nitrogens with one attached hydrogen (secondary N) is 1. The van der Waals surface area contributed by atoms with Crippen molar-refractivity contribution in [2.75, 3.05) is 33.2 Å². The third-order valence-corrected chi connectivity index (χ3v) is 4.84. The van der Waals surface area contributed by atoms with Gasteiger partial charge in [-0.25, -0.2) is 4.79 Å². The number of guanidine groups is 1. The first kappa shape index (κ1) is 23.0. The lowest BCUT2D eigenvalue weighted by Crippen LogP contribution is -2.43. The summed E-state index contributed by atoms with van der Waals surface area (Å²) in [4.78, 5) is 21.1. The van der Waals surface area contributed by atoms with Crippen molar-refractivity contribution in [3.8, 4) is 0 Å². The molecule has 1 aliphatic heterocycles. The zero-order valence-corrected chi connectivity index (χ0v) is 18.9. The van der Waals surface area contributed by atoms with Gasteiger partial charge in [0.05, 0.1) is 6.20 Å². The van der Waals surface area contributed by atoms with Crippen LogP contribution in [0.1, 0.15) is 52.5 Å². The Hall–Kier alpha value is -2.25. The molecule has 1 aromatic heterocycles. The summed E-state index contributed by atoms with van der Waals surface area (Å²) in [5.41, 5.74) is 0.703. The van der Waals surface area contributed by atoms with E-state index in [2.05, 4.69) is 22.2 Å². The van der Waals surface area contributed by atoms with Crippen LogP contribution < -0.4 is 5.32 Å². The Kier molecular flexibility index (Phi) is 8.34. The minimum atomic E-state index is -0.450. The van der Waals surface area contributed by atoms with Crippen LogP contribution in [-0.2, 0) is 18.3 Å². The molecule has 0 aromatic carbocycles. The largest absolute Gasteiger partial charge is 0.444 e. The van der Waals surface area contributed by atoms with Gasteiger partial charge in [-0.2, -0.15) is 5.10 Å². The molecule has 8 heteroatoms. The highest BCUT2D eigenvalue weighted by atomic mass is 16.6. The zero-order chi connectivity index (χ0) is 21.4. The summed E-state index contributed by atoms with van der Waals surface area (Å²) >= 11 is 0. The van der Waals surface area contributed by atoms with Crippen molar-refractivity contribution in [2.24, 2.45) is 18.0 Å². The lowest BCUT2D eigenvalue weighted by atomic mass is 9.95. The lowest BCUT2D eigenvalue weighted by molar-refractivity contribution is 0.0163. The molecular formula is C21H38N6O2. The molecule has 0 radical (unpaired) electrons. The number of hydrogen-bond donors (Lipinski definition) is 1. The fourth-order valence-electron chi connectivity index (χ4n) is 3.52. The van der Waals surface area contributed by atoms with E-state index >= 15 is 0 Å². The molecule has 164 valence electrons. The highest BCUT2D eigenvalue weighted by molar-refractivity contribution is 5.79. The Morgan fingerprint density at radius 1 is 1.45 bits per heavy atom. The second-order valence-corrected chi connectivity index (χ2v) is 8.84. The van der Waals surface area contributed by atoms with E-state index in [0.29, 0.717) is 5.92 Å². The van der Waals surface area contributed by atoms with Gasteiger partial charge in [0.25, 0.3) is 0 Å². The maximum Gasteiger partial charge on any atom is 0.410 e. The number of nitrogens with zero attached hydrogens (tertiary/aromatic N) is 5. The summed E-state index contributed by atoms with van der Waals surface area (Å²) in [6.07, 6.45) is 6.83. The molecule has 0 saturated carbocycles. The van der Waals surface area contributed by atoms with Gasteiger partial charge in [-0.05, 0) is 52.9 Å². The van der Waals surface area contributed by atoms with Crippen molar-refractivity contribution in [1.82, 2.24) is 24.9 Å². The molecule has 1 aliphatic rings. The minimum Gasteiger partial charge on any atom is -0.444 e. The van der Waals surface area contributed by atoms with Gasteiger partial charge in [-0.3, -0.25) is 9.67 Å². The molecule has 1 N–H and O–H groups in total. The Labute approximate surface area is 175 Å².